The standard InChI is InChI=1S/C14H14N4S2/c1-10-8-12-16-17-14(18(12)13(15-10)19-2)20-9-11-6-4-3-5-7-11/h3-8H,9H2,1-2H3. The van der Waals surface area contributed by atoms with Gasteiger partial charge in [0.2, 0.25) is 0 Å². The van der Waals surface area contributed by atoms with E-state index in [0.717, 1.165) is 27.4 Å². The van der Waals surface area contributed by atoms with Crippen LogP contribution in [0.2, 0.25) is 0 Å². The Bertz CT molecular complexity index is 725. The summed E-state index contributed by atoms with van der Waals surface area (Å²) >= 11 is 3.29. The Labute approximate surface area is 126 Å². The van der Waals surface area contributed by atoms with Crippen molar-refractivity contribution in [3.8, 4) is 0 Å². The topological polar surface area (TPSA) is 43.1 Å². The number of hydrogen-bond acceptors (Lipinski definition) is 5. The van der Waals surface area contributed by atoms with Crippen LogP contribution in [0.15, 0.2) is 46.7 Å². The number of benzene rings is 1. The van der Waals surface area contributed by atoms with Gasteiger partial charge in [0.25, 0.3) is 0 Å². The molecule has 0 amide bonds. The van der Waals surface area contributed by atoms with Crippen molar-refractivity contribution in [1.29, 1.82) is 0 Å². The Kier molecular flexibility index (Phi) is 3.93. The monoisotopic (exact) mass is 302 g/mol. The summed E-state index contributed by atoms with van der Waals surface area (Å²) in [5.41, 5.74) is 3.10. The molecule has 3 rings (SSSR count). The molecule has 0 aliphatic carbocycles. The van der Waals surface area contributed by atoms with Gasteiger partial charge in [-0.1, -0.05) is 53.9 Å². The van der Waals surface area contributed by atoms with Crippen LogP contribution in [0.1, 0.15) is 11.3 Å². The van der Waals surface area contributed by atoms with Crippen LogP contribution in [0.4, 0.5) is 0 Å². The maximum absolute atomic E-state index is 4.54. The van der Waals surface area contributed by atoms with Crippen molar-refractivity contribution in [3.63, 3.8) is 0 Å². The molecule has 4 nitrogen and oxygen atoms in total. The predicted molar refractivity (Wildman–Crippen MR) is 83.3 cm³/mol. The second-order valence-corrected chi connectivity index (χ2v) is 6.05. The van der Waals surface area contributed by atoms with E-state index < -0.39 is 0 Å². The number of aromatic nitrogens is 4. The number of nitrogens with zero attached hydrogens (tertiary/aromatic N) is 4. The van der Waals surface area contributed by atoms with Gasteiger partial charge in [-0.2, -0.15) is 0 Å². The molecular weight excluding hydrogens is 288 g/mol. The summed E-state index contributed by atoms with van der Waals surface area (Å²) < 4.78 is 2.02. The summed E-state index contributed by atoms with van der Waals surface area (Å²) in [5.74, 6) is 0.878. The highest BCUT2D eigenvalue weighted by molar-refractivity contribution is 7.99. The van der Waals surface area contributed by atoms with Gasteiger partial charge in [-0.05, 0) is 18.7 Å². The first-order valence-corrected chi connectivity index (χ1v) is 8.42. The average Bonchev–Trinajstić information content (AvgIpc) is 2.88. The molecule has 102 valence electrons. The molecule has 0 radical (unpaired) electrons. The molecule has 0 saturated heterocycles. The van der Waals surface area contributed by atoms with Gasteiger partial charge in [0, 0.05) is 17.5 Å². The van der Waals surface area contributed by atoms with Gasteiger partial charge in [-0.15, -0.1) is 10.2 Å². The SMILES string of the molecule is CSc1nc(C)cc2nnc(SCc3ccccc3)n12. The van der Waals surface area contributed by atoms with E-state index in [0.29, 0.717) is 0 Å². The summed E-state index contributed by atoms with van der Waals surface area (Å²) in [6, 6.07) is 12.3. The van der Waals surface area contributed by atoms with Crippen molar-refractivity contribution in [3.05, 3.63) is 47.7 Å². The van der Waals surface area contributed by atoms with E-state index in [9.17, 15) is 0 Å². The highest BCUT2D eigenvalue weighted by Gasteiger charge is 2.11. The smallest absolute Gasteiger partial charge is 0.198 e. The first-order valence-electron chi connectivity index (χ1n) is 6.21. The Morgan fingerprint density at radius 1 is 1.10 bits per heavy atom. The van der Waals surface area contributed by atoms with E-state index in [1.807, 2.05) is 29.7 Å². The largest absolute Gasteiger partial charge is 0.248 e. The fraction of sp³-hybridized carbons (Fsp3) is 0.214. The highest BCUT2D eigenvalue weighted by Crippen LogP contribution is 2.25. The molecule has 0 fully saturated rings. The minimum absolute atomic E-state index is 0.859. The van der Waals surface area contributed by atoms with Crippen LogP contribution in [0, 0.1) is 6.92 Å². The minimum atomic E-state index is 0.859. The maximum Gasteiger partial charge on any atom is 0.198 e. The Morgan fingerprint density at radius 3 is 2.65 bits per heavy atom. The minimum Gasteiger partial charge on any atom is -0.248 e. The van der Waals surface area contributed by atoms with Crippen LogP contribution >= 0.6 is 23.5 Å². The van der Waals surface area contributed by atoms with E-state index in [1.165, 1.54) is 5.56 Å². The van der Waals surface area contributed by atoms with E-state index in [2.05, 4.69) is 39.4 Å². The van der Waals surface area contributed by atoms with Crippen LogP contribution < -0.4 is 0 Å². The summed E-state index contributed by atoms with van der Waals surface area (Å²) in [6.45, 7) is 1.98. The zero-order chi connectivity index (χ0) is 13.9. The zero-order valence-electron chi connectivity index (χ0n) is 11.3. The number of hydrogen-bond donors (Lipinski definition) is 0. The molecule has 0 bridgehead atoms. The van der Waals surface area contributed by atoms with E-state index >= 15 is 0 Å². The lowest BCUT2D eigenvalue weighted by molar-refractivity contribution is 0.795. The average molecular weight is 302 g/mol. The zero-order valence-corrected chi connectivity index (χ0v) is 12.9. The van der Waals surface area contributed by atoms with Gasteiger partial charge in [0.1, 0.15) is 0 Å². The van der Waals surface area contributed by atoms with Crippen molar-refractivity contribution in [2.75, 3.05) is 6.26 Å². The summed E-state index contributed by atoms with van der Waals surface area (Å²) in [4.78, 5) is 4.54. The van der Waals surface area contributed by atoms with Gasteiger partial charge in [0.15, 0.2) is 16.0 Å². The van der Waals surface area contributed by atoms with Crippen molar-refractivity contribution in [2.24, 2.45) is 0 Å². The summed E-state index contributed by atoms with van der Waals surface area (Å²) in [7, 11) is 0. The maximum atomic E-state index is 4.54. The van der Waals surface area contributed by atoms with Crippen LogP contribution in [0.5, 0.6) is 0 Å². The van der Waals surface area contributed by atoms with Crippen LogP contribution in [-0.4, -0.2) is 25.8 Å². The lowest BCUT2D eigenvalue weighted by atomic mass is 10.2. The molecule has 20 heavy (non-hydrogen) atoms. The first kappa shape index (κ1) is 13.5. The molecule has 1 aromatic carbocycles. The lowest BCUT2D eigenvalue weighted by Gasteiger charge is -2.05. The highest BCUT2D eigenvalue weighted by atomic mass is 32.2. The predicted octanol–water partition coefficient (Wildman–Crippen LogP) is 3.45. The lowest BCUT2D eigenvalue weighted by Crippen LogP contribution is -1.97. The second-order valence-electron chi connectivity index (χ2n) is 4.33. The molecule has 0 N–H and O–H groups in total. The molecule has 0 spiro atoms. The fourth-order valence-corrected chi connectivity index (χ4v) is 3.48. The third kappa shape index (κ3) is 2.66. The van der Waals surface area contributed by atoms with Crippen LogP contribution in [0.3, 0.4) is 0 Å². The molecule has 0 aliphatic rings. The van der Waals surface area contributed by atoms with E-state index in [-0.39, 0.29) is 0 Å². The van der Waals surface area contributed by atoms with Gasteiger partial charge in [-0.25, -0.2) is 9.38 Å². The van der Waals surface area contributed by atoms with E-state index in [4.69, 9.17) is 0 Å². The Balaban J connectivity index is 1.92. The Hall–Kier alpha value is -1.53. The van der Waals surface area contributed by atoms with Gasteiger partial charge in [-0.3, -0.25) is 0 Å². The third-order valence-electron chi connectivity index (χ3n) is 2.85. The molecule has 0 atom stereocenters. The van der Waals surface area contributed by atoms with Crippen molar-refractivity contribution in [1.82, 2.24) is 19.6 Å². The third-order valence-corrected chi connectivity index (χ3v) is 4.49. The number of rotatable bonds is 4. The summed E-state index contributed by atoms with van der Waals surface area (Å²) in [6.07, 6.45) is 2.02. The Morgan fingerprint density at radius 2 is 1.90 bits per heavy atom. The van der Waals surface area contributed by atoms with Crippen molar-refractivity contribution < 1.29 is 0 Å². The summed E-state index contributed by atoms with van der Waals surface area (Å²) in [5, 5.41) is 10.3. The van der Waals surface area contributed by atoms with Gasteiger partial charge >= 0.3 is 0 Å². The fourth-order valence-electron chi connectivity index (χ4n) is 1.93. The van der Waals surface area contributed by atoms with Crippen LogP contribution in [-0.2, 0) is 5.75 Å². The first-order chi connectivity index (χ1) is 9.78. The molecular formula is C14H14N4S2. The van der Waals surface area contributed by atoms with Crippen LogP contribution in [0.25, 0.3) is 5.65 Å². The quantitative estimate of drug-likeness (QED) is 0.545. The number of aryl methyl sites for hydroxylation is 1. The van der Waals surface area contributed by atoms with Gasteiger partial charge in [0.05, 0.1) is 0 Å². The molecule has 0 unspecified atom stereocenters. The number of thioether (sulfide) groups is 2. The molecule has 0 saturated carbocycles. The van der Waals surface area contributed by atoms with Crippen molar-refractivity contribution in [2.45, 2.75) is 23.0 Å². The van der Waals surface area contributed by atoms with Crippen molar-refractivity contribution >= 4 is 29.2 Å². The molecule has 0 aliphatic heterocycles. The second kappa shape index (κ2) is 5.85. The molecule has 2 aromatic heterocycles. The molecule has 6 heteroatoms. The molecule has 2 heterocycles. The number of fused-ring (bicyclic) bond motifs is 1. The van der Waals surface area contributed by atoms with Gasteiger partial charge < -0.3 is 0 Å². The molecule has 3 aromatic rings. The van der Waals surface area contributed by atoms with E-state index in [1.54, 1.807) is 23.5 Å². The normalized spacial score (nSPS) is 11.1.